The molecule has 0 fully saturated rings. The number of methoxy groups -OCH3 is 1. The third kappa shape index (κ3) is 8.69. The molecule has 2 rings (SSSR count). The van der Waals surface area contributed by atoms with Gasteiger partial charge in [-0.2, -0.15) is 0 Å². The number of nitrogens with one attached hydrogen (secondary N) is 2. The molecule has 2 aromatic carbocycles. The van der Waals surface area contributed by atoms with E-state index in [4.69, 9.17) is 9.47 Å². The Kier molecular flexibility index (Phi) is 10.6. The molecule has 0 aliphatic rings. The number of carbonyl (C=O) groups excluding carboxylic acids is 3. The van der Waals surface area contributed by atoms with Gasteiger partial charge in [0.05, 0.1) is 17.9 Å². The Morgan fingerprint density at radius 2 is 1.55 bits per heavy atom. The molecule has 3 atom stereocenters. The van der Waals surface area contributed by atoms with E-state index < -0.39 is 40.9 Å². The number of benzene rings is 2. The average Bonchev–Trinajstić information content (AvgIpc) is 2.83. The van der Waals surface area contributed by atoms with Crippen molar-refractivity contribution in [1.29, 1.82) is 0 Å². The fourth-order valence-corrected chi connectivity index (χ4v) is 4.14. The van der Waals surface area contributed by atoms with Crippen LogP contribution in [0.25, 0.3) is 0 Å². The molecule has 0 saturated carbocycles. The van der Waals surface area contributed by atoms with Crippen LogP contribution in [0.5, 0.6) is 0 Å². The lowest BCUT2D eigenvalue weighted by Gasteiger charge is -2.24. The maximum Gasteiger partial charge on any atom is 0.408 e. The third-order valence-corrected chi connectivity index (χ3v) is 6.24. The first-order valence-corrected chi connectivity index (χ1v) is 11.9. The SMILES string of the molecule is COC(=O)[C@@H](CC[S@](=O)c1ccccc1)NC(=O)[C@@H](NC(=O)OCc1ccccc1)C(C)C. The van der Waals surface area contributed by atoms with Crippen molar-refractivity contribution in [1.82, 2.24) is 10.6 Å². The first-order chi connectivity index (χ1) is 15.8. The van der Waals surface area contributed by atoms with Crippen LogP contribution in [0, 0.1) is 5.92 Å². The number of alkyl carbamates (subject to hydrolysis) is 1. The highest BCUT2D eigenvalue weighted by atomic mass is 32.2. The van der Waals surface area contributed by atoms with Crippen molar-refractivity contribution in [3.63, 3.8) is 0 Å². The topological polar surface area (TPSA) is 111 Å². The van der Waals surface area contributed by atoms with Crippen LogP contribution in [0.1, 0.15) is 25.8 Å². The van der Waals surface area contributed by atoms with Gasteiger partial charge in [-0.15, -0.1) is 0 Å². The van der Waals surface area contributed by atoms with E-state index in [9.17, 15) is 18.6 Å². The number of ether oxygens (including phenoxy) is 2. The summed E-state index contributed by atoms with van der Waals surface area (Å²) in [6.45, 7) is 3.59. The zero-order valence-electron chi connectivity index (χ0n) is 19.0. The minimum absolute atomic E-state index is 0.0647. The van der Waals surface area contributed by atoms with Gasteiger partial charge < -0.3 is 20.1 Å². The number of hydrogen-bond acceptors (Lipinski definition) is 6. The van der Waals surface area contributed by atoms with E-state index in [2.05, 4.69) is 10.6 Å². The van der Waals surface area contributed by atoms with E-state index in [0.29, 0.717) is 4.90 Å². The van der Waals surface area contributed by atoms with Crippen molar-refractivity contribution in [2.75, 3.05) is 12.9 Å². The van der Waals surface area contributed by atoms with Gasteiger partial charge in [0.2, 0.25) is 5.91 Å². The molecule has 0 bridgehead atoms. The van der Waals surface area contributed by atoms with Gasteiger partial charge in [-0.05, 0) is 30.0 Å². The Hall–Kier alpha value is -3.20. The molecule has 0 aliphatic carbocycles. The summed E-state index contributed by atoms with van der Waals surface area (Å²) in [7, 11) is -0.119. The number of hydrogen-bond donors (Lipinski definition) is 2. The highest BCUT2D eigenvalue weighted by Crippen LogP contribution is 2.10. The van der Waals surface area contributed by atoms with Crippen molar-refractivity contribution < 1.29 is 28.1 Å². The molecule has 2 N–H and O–H groups in total. The summed E-state index contributed by atoms with van der Waals surface area (Å²) < 4.78 is 22.5. The van der Waals surface area contributed by atoms with Gasteiger partial charge in [0, 0.05) is 10.6 Å². The average molecular weight is 475 g/mol. The predicted octanol–water partition coefficient (Wildman–Crippen LogP) is 2.79. The lowest BCUT2D eigenvalue weighted by atomic mass is 10.0. The Morgan fingerprint density at radius 3 is 2.12 bits per heavy atom. The Morgan fingerprint density at radius 1 is 0.939 bits per heavy atom. The van der Waals surface area contributed by atoms with Crippen LogP contribution in [0.4, 0.5) is 4.79 Å². The zero-order chi connectivity index (χ0) is 24.2. The molecule has 9 heteroatoms. The molecule has 2 amide bonds. The van der Waals surface area contributed by atoms with Gasteiger partial charge in [0.25, 0.3) is 0 Å². The molecule has 33 heavy (non-hydrogen) atoms. The van der Waals surface area contributed by atoms with Crippen LogP contribution in [-0.4, -0.2) is 47.1 Å². The fraction of sp³-hybridized carbons (Fsp3) is 0.375. The highest BCUT2D eigenvalue weighted by molar-refractivity contribution is 7.85. The highest BCUT2D eigenvalue weighted by Gasteiger charge is 2.30. The largest absolute Gasteiger partial charge is 0.467 e. The van der Waals surface area contributed by atoms with Crippen LogP contribution >= 0.6 is 0 Å². The second-order valence-electron chi connectivity index (χ2n) is 7.66. The molecule has 8 nitrogen and oxygen atoms in total. The van der Waals surface area contributed by atoms with Crippen molar-refractivity contribution in [3.8, 4) is 0 Å². The van der Waals surface area contributed by atoms with Crippen LogP contribution in [-0.2, 0) is 36.5 Å². The van der Waals surface area contributed by atoms with E-state index >= 15 is 0 Å². The van der Waals surface area contributed by atoms with Crippen LogP contribution in [0.3, 0.4) is 0 Å². The molecule has 178 valence electrons. The van der Waals surface area contributed by atoms with Gasteiger partial charge >= 0.3 is 12.1 Å². The van der Waals surface area contributed by atoms with E-state index in [0.717, 1.165) is 5.56 Å². The van der Waals surface area contributed by atoms with Crippen LogP contribution in [0.2, 0.25) is 0 Å². The van der Waals surface area contributed by atoms with Crippen molar-refractivity contribution in [2.24, 2.45) is 5.92 Å². The summed E-state index contributed by atoms with van der Waals surface area (Å²) in [4.78, 5) is 38.0. The summed E-state index contributed by atoms with van der Waals surface area (Å²) >= 11 is 0. The normalized spacial score (nSPS) is 13.5. The first kappa shape index (κ1) is 26.1. The molecule has 0 aromatic heterocycles. The number of carbonyl (C=O) groups is 3. The summed E-state index contributed by atoms with van der Waals surface area (Å²) in [5.41, 5.74) is 0.815. The number of esters is 1. The van der Waals surface area contributed by atoms with E-state index in [1.54, 1.807) is 38.1 Å². The predicted molar refractivity (Wildman–Crippen MR) is 125 cm³/mol. The molecule has 0 unspecified atom stereocenters. The summed E-state index contributed by atoms with van der Waals surface area (Å²) in [6, 6.07) is 16.1. The van der Waals surface area contributed by atoms with Gasteiger partial charge in [-0.3, -0.25) is 9.00 Å². The second-order valence-corrected chi connectivity index (χ2v) is 9.23. The van der Waals surface area contributed by atoms with Gasteiger partial charge in [-0.25, -0.2) is 9.59 Å². The smallest absolute Gasteiger partial charge is 0.408 e. The second kappa shape index (κ2) is 13.4. The maximum atomic E-state index is 12.9. The summed E-state index contributed by atoms with van der Waals surface area (Å²) in [5, 5.41) is 5.17. The molecule has 0 saturated heterocycles. The fourth-order valence-electron chi connectivity index (χ4n) is 2.99. The van der Waals surface area contributed by atoms with Crippen LogP contribution < -0.4 is 10.6 Å². The van der Waals surface area contributed by atoms with Crippen molar-refractivity contribution in [2.45, 2.75) is 43.9 Å². The number of amides is 2. The molecular formula is C24H30N2O6S. The van der Waals surface area contributed by atoms with Gasteiger partial charge in [0.1, 0.15) is 18.7 Å². The lowest BCUT2D eigenvalue weighted by Crippen LogP contribution is -2.54. The Labute approximate surface area is 196 Å². The molecule has 0 aliphatic heterocycles. The van der Waals surface area contributed by atoms with Crippen LogP contribution in [0.15, 0.2) is 65.6 Å². The summed E-state index contributed by atoms with van der Waals surface area (Å²) in [5.74, 6) is -1.32. The van der Waals surface area contributed by atoms with E-state index in [1.165, 1.54) is 7.11 Å². The zero-order valence-corrected chi connectivity index (χ0v) is 19.8. The third-order valence-electron chi connectivity index (χ3n) is 4.84. The number of rotatable bonds is 11. The minimum atomic E-state index is -1.34. The van der Waals surface area contributed by atoms with E-state index in [-0.39, 0.29) is 24.7 Å². The minimum Gasteiger partial charge on any atom is -0.467 e. The Balaban J connectivity index is 1.96. The van der Waals surface area contributed by atoms with Crippen molar-refractivity contribution >= 4 is 28.8 Å². The van der Waals surface area contributed by atoms with Gasteiger partial charge in [-0.1, -0.05) is 62.4 Å². The maximum absolute atomic E-state index is 12.9. The van der Waals surface area contributed by atoms with Crippen molar-refractivity contribution in [3.05, 3.63) is 66.2 Å². The monoisotopic (exact) mass is 474 g/mol. The molecule has 0 heterocycles. The molecule has 2 aromatic rings. The van der Waals surface area contributed by atoms with E-state index in [1.807, 2.05) is 36.4 Å². The standard InChI is InChI=1S/C24H30N2O6S/c1-17(2)21(26-24(29)32-16-18-10-6-4-7-11-18)22(27)25-20(23(28)31-3)14-15-33(30)19-12-8-5-9-13-19/h4-13,17,20-21H,14-16H2,1-3H3,(H,25,27)(H,26,29)/t20-,21+,33+/m1/s1. The molecule has 0 spiro atoms. The molecule has 0 radical (unpaired) electrons. The first-order valence-electron chi connectivity index (χ1n) is 10.6. The quantitative estimate of drug-likeness (QED) is 0.485. The molecular weight excluding hydrogens is 444 g/mol. The lowest BCUT2D eigenvalue weighted by molar-refractivity contribution is -0.145. The Bertz CT molecular complexity index is 936. The van der Waals surface area contributed by atoms with Gasteiger partial charge in [0.15, 0.2) is 0 Å². The summed E-state index contributed by atoms with van der Waals surface area (Å²) in [6.07, 6.45) is -0.629.